The number of piperidine rings is 1. The van der Waals surface area contributed by atoms with E-state index in [1.54, 1.807) is 6.07 Å². The molecule has 34 heavy (non-hydrogen) atoms. The lowest BCUT2D eigenvalue weighted by Gasteiger charge is -2.32. The van der Waals surface area contributed by atoms with E-state index in [-0.39, 0.29) is 35.5 Å². The molecule has 1 heterocycles. The van der Waals surface area contributed by atoms with Gasteiger partial charge in [0.05, 0.1) is 7.11 Å². The van der Waals surface area contributed by atoms with Crippen molar-refractivity contribution in [3.05, 3.63) is 59.4 Å². The molecule has 0 unspecified atom stereocenters. The van der Waals surface area contributed by atoms with Crippen LogP contribution < -0.4 is 20.7 Å². The Kier molecular flexibility index (Phi) is 8.00. The lowest BCUT2D eigenvalue weighted by Crippen LogP contribution is -2.47. The molecule has 7 nitrogen and oxygen atoms in total. The molecule has 0 bridgehead atoms. The average Bonchev–Trinajstić information content (AvgIpc) is 2.78. The molecule has 1 aliphatic carbocycles. The van der Waals surface area contributed by atoms with Gasteiger partial charge >= 0.3 is 6.03 Å². The summed E-state index contributed by atoms with van der Waals surface area (Å²) in [6, 6.07) is 12.6. The monoisotopic (exact) mass is 468 g/mol. The lowest BCUT2D eigenvalue weighted by molar-refractivity contribution is -0.122. The van der Waals surface area contributed by atoms with E-state index < -0.39 is 0 Å². The zero-order chi connectivity index (χ0) is 23.9. The van der Waals surface area contributed by atoms with Crippen LogP contribution >= 0.6 is 0 Å². The average molecular weight is 469 g/mol. The van der Waals surface area contributed by atoms with E-state index in [9.17, 15) is 14.0 Å². The Morgan fingerprint density at radius 2 is 1.85 bits per heavy atom. The number of benzene rings is 2. The van der Waals surface area contributed by atoms with Crippen molar-refractivity contribution in [3.63, 3.8) is 0 Å². The molecule has 1 saturated carbocycles. The number of amides is 3. The van der Waals surface area contributed by atoms with Crippen molar-refractivity contribution in [2.45, 2.75) is 51.2 Å². The summed E-state index contributed by atoms with van der Waals surface area (Å²) in [5.41, 5.74) is 2.61. The highest BCUT2D eigenvalue weighted by Gasteiger charge is 2.25. The van der Waals surface area contributed by atoms with E-state index in [0.717, 1.165) is 62.0 Å². The molecule has 8 heteroatoms. The maximum atomic E-state index is 13.9. The van der Waals surface area contributed by atoms with Crippen molar-refractivity contribution in [1.29, 1.82) is 0 Å². The standard InChI is InChI=1S/C26H33FN4O3/c1-34-24-9-8-19(15-23(24)27)17-31-12-10-21(11-13-31)30-26(33)28-16-18-4-2-7-22(14-18)29-25(32)20-5-3-6-20/h2,4,7-9,14-15,20-21H,3,5-6,10-13,16-17H2,1H3,(H,29,32)(H2,28,30,33). The number of anilines is 1. The second-order valence-electron chi connectivity index (χ2n) is 9.16. The van der Waals surface area contributed by atoms with Gasteiger partial charge in [0.15, 0.2) is 11.6 Å². The number of urea groups is 1. The number of ether oxygens (including phenoxy) is 1. The number of hydrogen-bond donors (Lipinski definition) is 3. The van der Waals surface area contributed by atoms with E-state index in [1.807, 2.05) is 30.3 Å². The fraction of sp³-hybridized carbons (Fsp3) is 0.462. The molecule has 0 aromatic heterocycles. The molecular weight excluding hydrogens is 435 g/mol. The molecule has 0 spiro atoms. The first kappa shape index (κ1) is 24.0. The Bertz CT molecular complexity index is 1000. The maximum absolute atomic E-state index is 13.9. The highest BCUT2D eigenvalue weighted by atomic mass is 19.1. The molecule has 2 aromatic carbocycles. The van der Waals surface area contributed by atoms with Crippen molar-refractivity contribution in [2.75, 3.05) is 25.5 Å². The minimum Gasteiger partial charge on any atom is -0.494 e. The van der Waals surface area contributed by atoms with Crippen LogP contribution in [0.15, 0.2) is 42.5 Å². The molecule has 4 rings (SSSR count). The Morgan fingerprint density at radius 3 is 2.53 bits per heavy atom. The van der Waals surface area contributed by atoms with Crippen molar-refractivity contribution in [1.82, 2.24) is 15.5 Å². The first-order chi connectivity index (χ1) is 16.5. The molecule has 2 aromatic rings. The van der Waals surface area contributed by atoms with Crippen molar-refractivity contribution >= 4 is 17.6 Å². The Hall–Kier alpha value is -3.13. The summed E-state index contributed by atoms with van der Waals surface area (Å²) < 4.78 is 18.9. The van der Waals surface area contributed by atoms with Crippen LogP contribution in [0.25, 0.3) is 0 Å². The van der Waals surface area contributed by atoms with Crippen molar-refractivity contribution in [2.24, 2.45) is 5.92 Å². The van der Waals surface area contributed by atoms with Crippen LogP contribution in [0.1, 0.15) is 43.2 Å². The van der Waals surface area contributed by atoms with Crippen LogP contribution in [-0.2, 0) is 17.9 Å². The zero-order valence-corrected chi connectivity index (χ0v) is 19.6. The number of methoxy groups -OCH3 is 1. The number of carbonyl (C=O) groups excluding carboxylic acids is 2. The number of rotatable bonds is 8. The van der Waals surface area contributed by atoms with Gasteiger partial charge in [-0.2, -0.15) is 0 Å². The van der Waals surface area contributed by atoms with Crippen LogP contribution in [0.2, 0.25) is 0 Å². The third-order valence-corrected chi connectivity index (χ3v) is 6.67. The Balaban J connectivity index is 1.17. The summed E-state index contributed by atoms with van der Waals surface area (Å²) in [6.45, 7) is 2.73. The highest BCUT2D eigenvalue weighted by molar-refractivity contribution is 5.93. The summed E-state index contributed by atoms with van der Waals surface area (Å²) in [7, 11) is 1.46. The molecule has 1 aliphatic heterocycles. The van der Waals surface area contributed by atoms with Crippen LogP contribution in [0.5, 0.6) is 5.75 Å². The Morgan fingerprint density at radius 1 is 1.06 bits per heavy atom. The van der Waals surface area contributed by atoms with Crippen LogP contribution in [0.4, 0.5) is 14.9 Å². The fourth-order valence-corrected chi connectivity index (χ4v) is 4.39. The summed E-state index contributed by atoms with van der Waals surface area (Å²) in [5, 5.41) is 8.93. The minimum absolute atomic E-state index is 0.0811. The number of carbonyl (C=O) groups is 2. The van der Waals surface area contributed by atoms with E-state index in [4.69, 9.17) is 4.74 Å². The molecule has 0 atom stereocenters. The molecule has 3 amide bonds. The van der Waals surface area contributed by atoms with Crippen LogP contribution in [-0.4, -0.2) is 43.1 Å². The van der Waals surface area contributed by atoms with E-state index in [1.165, 1.54) is 13.2 Å². The molecule has 182 valence electrons. The van der Waals surface area contributed by atoms with Gasteiger partial charge in [-0.05, 0) is 61.1 Å². The largest absolute Gasteiger partial charge is 0.494 e. The van der Waals surface area contributed by atoms with Gasteiger partial charge < -0.3 is 20.7 Å². The van der Waals surface area contributed by atoms with Gasteiger partial charge in [-0.15, -0.1) is 0 Å². The van der Waals surface area contributed by atoms with E-state index >= 15 is 0 Å². The number of halogens is 1. The van der Waals surface area contributed by atoms with Crippen LogP contribution in [0.3, 0.4) is 0 Å². The Labute approximate surface area is 200 Å². The fourth-order valence-electron chi connectivity index (χ4n) is 4.39. The second-order valence-corrected chi connectivity index (χ2v) is 9.16. The number of hydrogen-bond acceptors (Lipinski definition) is 4. The third kappa shape index (κ3) is 6.47. The normalized spacial score (nSPS) is 17.0. The molecule has 2 aliphatic rings. The second kappa shape index (κ2) is 11.3. The molecule has 0 radical (unpaired) electrons. The van der Waals surface area contributed by atoms with Gasteiger partial charge in [-0.25, -0.2) is 9.18 Å². The summed E-state index contributed by atoms with van der Waals surface area (Å²) in [5.74, 6) is 0.122. The van der Waals surface area contributed by atoms with Crippen LogP contribution in [0, 0.1) is 11.7 Å². The summed E-state index contributed by atoms with van der Waals surface area (Å²) >= 11 is 0. The lowest BCUT2D eigenvalue weighted by atomic mass is 9.85. The summed E-state index contributed by atoms with van der Waals surface area (Å²) in [6.07, 6.45) is 4.74. The first-order valence-electron chi connectivity index (χ1n) is 12.0. The van der Waals surface area contributed by atoms with Gasteiger partial charge in [0.1, 0.15) is 0 Å². The van der Waals surface area contributed by atoms with Gasteiger partial charge in [-0.1, -0.05) is 24.6 Å². The highest BCUT2D eigenvalue weighted by Crippen LogP contribution is 2.27. The van der Waals surface area contributed by atoms with Crippen molar-refractivity contribution < 1.29 is 18.7 Å². The topological polar surface area (TPSA) is 82.7 Å². The SMILES string of the molecule is COc1ccc(CN2CCC(NC(=O)NCc3cccc(NC(=O)C4CCC4)c3)CC2)cc1F. The van der Waals surface area contributed by atoms with E-state index in [0.29, 0.717) is 13.1 Å². The predicted octanol–water partition coefficient (Wildman–Crippen LogP) is 4.04. The van der Waals surface area contributed by atoms with Gasteiger partial charge in [-0.3, -0.25) is 9.69 Å². The molecule has 2 fully saturated rings. The van der Waals surface area contributed by atoms with Gasteiger partial charge in [0.2, 0.25) is 5.91 Å². The predicted molar refractivity (Wildman–Crippen MR) is 129 cm³/mol. The molecule has 1 saturated heterocycles. The van der Waals surface area contributed by atoms with Gasteiger partial charge in [0, 0.05) is 43.8 Å². The number of nitrogens with one attached hydrogen (secondary N) is 3. The van der Waals surface area contributed by atoms with Gasteiger partial charge in [0.25, 0.3) is 0 Å². The maximum Gasteiger partial charge on any atom is 0.315 e. The third-order valence-electron chi connectivity index (χ3n) is 6.67. The molecular formula is C26H33FN4O3. The zero-order valence-electron chi connectivity index (χ0n) is 19.6. The smallest absolute Gasteiger partial charge is 0.315 e. The van der Waals surface area contributed by atoms with E-state index in [2.05, 4.69) is 20.9 Å². The first-order valence-corrected chi connectivity index (χ1v) is 12.0. The molecule has 3 N–H and O–H groups in total. The minimum atomic E-state index is -0.348. The number of nitrogens with zero attached hydrogens (tertiary/aromatic N) is 1. The quantitative estimate of drug-likeness (QED) is 0.546. The van der Waals surface area contributed by atoms with Crippen molar-refractivity contribution in [3.8, 4) is 5.75 Å². The summed E-state index contributed by atoms with van der Waals surface area (Å²) in [4.78, 5) is 26.8. The number of likely N-dealkylation sites (tertiary alicyclic amines) is 1.